The van der Waals surface area contributed by atoms with Gasteiger partial charge in [-0.2, -0.15) is 0 Å². The molecule has 0 heterocycles. The zero-order valence-electron chi connectivity index (χ0n) is 13.5. The van der Waals surface area contributed by atoms with Crippen molar-refractivity contribution in [3.05, 3.63) is 40.8 Å². The van der Waals surface area contributed by atoms with E-state index in [9.17, 15) is 0 Å². The number of hydrogen-bond acceptors (Lipinski definition) is 1. The van der Waals surface area contributed by atoms with E-state index in [0.717, 1.165) is 5.92 Å². The van der Waals surface area contributed by atoms with Gasteiger partial charge in [0.15, 0.2) is 0 Å². The molecule has 0 unspecified atom stereocenters. The summed E-state index contributed by atoms with van der Waals surface area (Å²) >= 11 is 0. The van der Waals surface area contributed by atoms with Crippen LogP contribution < -0.4 is 5.19 Å². The van der Waals surface area contributed by atoms with Crippen molar-refractivity contribution in [2.45, 2.75) is 63.7 Å². The first kappa shape index (κ1) is 16.1. The van der Waals surface area contributed by atoms with Crippen molar-refractivity contribution < 1.29 is 0 Å². The normalized spacial score (nSPS) is 19.6. The topological polar surface area (TPSA) is 48.8 Å². The quantitative estimate of drug-likeness (QED) is 0.308. The Balaban J connectivity index is 2.35. The van der Waals surface area contributed by atoms with Crippen LogP contribution in [0.15, 0.2) is 35.4 Å². The van der Waals surface area contributed by atoms with Gasteiger partial charge in [0, 0.05) is 11.0 Å². The highest BCUT2D eigenvalue weighted by Gasteiger charge is 2.41. The third-order valence-electron chi connectivity index (χ3n) is 5.26. The van der Waals surface area contributed by atoms with Gasteiger partial charge < -0.3 is 0 Å². The van der Waals surface area contributed by atoms with Gasteiger partial charge in [-0.25, -0.2) is 0 Å². The van der Waals surface area contributed by atoms with Crippen molar-refractivity contribution in [3.63, 3.8) is 0 Å². The van der Waals surface area contributed by atoms with Crippen LogP contribution in [0.1, 0.15) is 39.0 Å². The standard InChI is InChI=1S/C17H27N3Si/c1-14(19-20-18)17(15-10-6-4-7-11-15)21(2,3)16-12-8-5-9-13-16/h5,8-9,12-15,17H,4,6-7,10-11H2,1-3H3/t14-,17+/m0/s1. The zero-order valence-corrected chi connectivity index (χ0v) is 14.5. The summed E-state index contributed by atoms with van der Waals surface area (Å²) < 4.78 is 0. The second-order valence-corrected chi connectivity index (χ2v) is 11.6. The molecular weight excluding hydrogens is 274 g/mol. The highest BCUT2D eigenvalue weighted by atomic mass is 28.3. The molecule has 1 saturated carbocycles. The van der Waals surface area contributed by atoms with Crippen molar-refractivity contribution in [2.24, 2.45) is 11.0 Å². The molecule has 1 aromatic rings. The molecule has 0 spiro atoms. The molecule has 1 aliphatic carbocycles. The first-order valence-electron chi connectivity index (χ1n) is 8.17. The van der Waals surface area contributed by atoms with Crippen LogP contribution >= 0.6 is 0 Å². The Morgan fingerprint density at radius 3 is 2.33 bits per heavy atom. The van der Waals surface area contributed by atoms with Gasteiger partial charge in [0.05, 0.1) is 8.07 Å². The molecule has 4 heteroatoms. The number of hydrogen-bond donors (Lipinski definition) is 0. The first-order chi connectivity index (χ1) is 10.1. The van der Waals surface area contributed by atoms with Gasteiger partial charge in [0.25, 0.3) is 0 Å². The van der Waals surface area contributed by atoms with Crippen LogP contribution in [0.3, 0.4) is 0 Å². The number of rotatable bonds is 5. The molecule has 1 aromatic carbocycles. The summed E-state index contributed by atoms with van der Waals surface area (Å²) in [6, 6.07) is 11.0. The molecule has 1 aliphatic rings. The second kappa shape index (κ2) is 7.14. The molecule has 1 fully saturated rings. The Morgan fingerprint density at radius 2 is 1.76 bits per heavy atom. The molecule has 2 rings (SSSR count). The molecule has 21 heavy (non-hydrogen) atoms. The van der Waals surface area contributed by atoms with Crippen molar-refractivity contribution in [2.75, 3.05) is 0 Å². The fourth-order valence-corrected chi connectivity index (χ4v) is 8.51. The van der Waals surface area contributed by atoms with Gasteiger partial charge >= 0.3 is 0 Å². The van der Waals surface area contributed by atoms with Crippen LogP contribution in [0.25, 0.3) is 10.4 Å². The van der Waals surface area contributed by atoms with Gasteiger partial charge in [-0.15, -0.1) is 0 Å². The van der Waals surface area contributed by atoms with Crippen molar-refractivity contribution >= 4 is 13.3 Å². The minimum absolute atomic E-state index is 0.0972. The van der Waals surface area contributed by atoms with Gasteiger partial charge in [-0.3, -0.25) is 0 Å². The summed E-state index contributed by atoms with van der Waals surface area (Å²) in [4.78, 5) is 3.11. The summed E-state index contributed by atoms with van der Waals surface area (Å²) in [6.07, 6.45) is 6.65. The third kappa shape index (κ3) is 3.69. The fraction of sp³-hybridized carbons (Fsp3) is 0.647. The summed E-state index contributed by atoms with van der Waals surface area (Å²) in [6.45, 7) is 7.02. The van der Waals surface area contributed by atoms with E-state index in [0.29, 0.717) is 5.54 Å². The predicted molar refractivity (Wildman–Crippen MR) is 92.5 cm³/mol. The molecule has 0 aromatic heterocycles. The molecule has 0 aliphatic heterocycles. The summed E-state index contributed by atoms with van der Waals surface area (Å²) in [7, 11) is -1.66. The van der Waals surface area contributed by atoms with Crippen LogP contribution in [-0.2, 0) is 0 Å². The third-order valence-corrected chi connectivity index (χ3v) is 9.70. The lowest BCUT2D eigenvalue weighted by atomic mass is 9.84. The fourth-order valence-electron chi connectivity index (χ4n) is 4.29. The number of nitrogens with zero attached hydrogens (tertiary/aromatic N) is 3. The average molecular weight is 302 g/mol. The SMILES string of the molecule is C[C@H](N=[N+]=[N-])[C@H](C1CCCCC1)[Si](C)(C)c1ccccc1. The lowest BCUT2D eigenvalue weighted by Gasteiger charge is -2.42. The van der Waals surface area contributed by atoms with E-state index in [1.807, 2.05) is 0 Å². The van der Waals surface area contributed by atoms with Crippen molar-refractivity contribution in [3.8, 4) is 0 Å². The molecular formula is C17H27N3Si. The largest absolute Gasteiger partial charge is 0.0909 e. The van der Waals surface area contributed by atoms with Crippen molar-refractivity contribution in [1.82, 2.24) is 0 Å². The van der Waals surface area contributed by atoms with E-state index in [2.05, 4.69) is 60.4 Å². The van der Waals surface area contributed by atoms with Crippen LogP contribution in [-0.4, -0.2) is 14.1 Å². The Bertz CT molecular complexity index is 488. The van der Waals surface area contributed by atoms with Crippen LogP contribution in [0, 0.1) is 5.92 Å². The summed E-state index contributed by atoms with van der Waals surface area (Å²) in [5.74, 6) is 0.723. The average Bonchev–Trinajstić information content (AvgIpc) is 2.49. The predicted octanol–water partition coefficient (Wildman–Crippen LogP) is 5.25. The maximum absolute atomic E-state index is 8.89. The summed E-state index contributed by atoms with van der Waals surface area (Å²) in [5.41, 5.74) is 9.43. The first-order valence-corrected chi connectivity index (χ1v) is 11.2. The lowest BCUT2D eigenvalue weighted by molar-refractivity contribution is 0.317. The Morgan fingerprint density at radius 1 is 1.14 bits per heavy atom. The molecule has 114 valence electrons. The van der Waals surface area contributed by atoms with E-state index in [1.54, 1.807) is 0 Å². The number of azide groups is 1. The molecule has 3 nitrogen and oxygen atoms in total. The molecule has 0 bridgehead atoms. The van der Waals surface area contributed by atoms with Crippen LogP contribution in [0.2, 0.25) is 18.6 Å². The van der Waals surface area contributed by atoms with Gasteiger partial charge in [-0.05, 0) is 17.0 Å². The lowest BCUT2D eigenvalue weighted by Crippen LogP contribution is -2.51. The second-order valence-electron chi connectivity index (χ2n) is 6.96. The van der Waals surface area contributed by atoms with E-state index in [-0.39, 0.29) is 6.04 Å². The van der Waals surface area contributed by atoms with E-state index < -0.39 is 8.07 Å². The highest BCUT2D eigenvalue weighted by molar-refractivity contribution is 6.91. The Hall–Kier alpha value is -1.25. The highest BCUT2D eigenvalue weighted by Crippen LogP contribution is 2.42. The van der Waals surface area contributed by atoms with E-state index >= 15 is 0 Å². The van der Waals surface area contributed by atoms with E-state index in [4.69, 9.17) is 5.53 Å². The monoisotopic (exact) mass is 301 g/mol. The minimum Gasteiger partial charge on any atom is -0.0909 e. The van der Waals surface area contributed by atoms with E-state index in [1.165, 1.54) is 37.3 Å². The smallest absolute Gasteiger partial charge is 0.0843 e. The Kier molecular flexibility index (Phi) is 5.49. The number of benzene rings is 1. The van der Waals surface area contributed by atoms with Crippen molar-refractivity contribution in [1.29, 1.82) is 0 Å². The maximum atomic E-state index is 8.89. The molecule has 0 amide bonds. The minimum atomic E-state index is -1.66. The van der Waals surface area contributed by atoms with Crippen LogP contribution in [0.4, 0.5) is 0 Å². The van der Waals surface area contributed by atoms with Gasteiger partial charge in [-0.1, -0.05) is 92.8 Å². The molecule has 0 radical (unpaired) electrons. The Labute approximate surface area is 129 Å². The zero-order chi connectivity index (χ0) is 15.3. The summed E-state index contributed by atoms with van der Waals surface area (Å²) in [5, 5.41) is 5.59. The molecule has 2 atom stereocenters. The van der Waals surface area contributed by atoms with Gasteiger partial charge in [0.2, 0.25) is 0 Å². The van der Waals surface area contributed by atoms with Crippen LogP contribution in [0.5, 0.6) is 0 Å². The molecule has 0 saturated heterocycles. The molecule has 0 N–H and O–H groups in total. The maximum Gasteiger partial charge on any atom is 0.0843 e. The van der Waals surface area contributed by atoms with Gasteiger partial charge in [0.1, 0.15) is 0 Å².